The van der Waals surface area contributed by atoms with Crippen molar-refractivity contribution in [2.45, 2.75) is 33.3 Å². The second kappa shape index (κ2) is 4.82. The van der Waals surface area contributed by atoms with Gasteiger partial charge in [0.2, 0.25) is 0 Å². The van der Waals surface area contributed by atoms with Crippen LogP contribution in [-0.4, -0.2) is 11.1 Å². The van der Waals surface area contributed by atoms with Crippen LogP contribution in [0, 0.1) is 5.92 Å². The van der Waals surface area contributed by atoms with Gasteiger partial charge in [-0.1, -0.05) is 36.8 Å². The monoisotopic (exact) mass is 219 g/mol. The summed E-state index contributed by atoms with van der Waals surface area (Å²) in [7, 11) is 0. The molecule has 1 unspecified atom stereocenters. The zero-order chi connectivity index (χ0) is 9.84. The molecule has 0 N–H and O–H groups in total. The SMILES string of the molecule is CC(C)CC(C)Oc1nc(Cl)cs1. The van der Waals surface area contributed by atoms with Gasteiger partial charge in [0.1, 0.15) is 5.15 Å². The molecular formula is C9H14ClNOS. The fourth-order valence-electron chi connectivity index (χ4n) is 1.18. The van der Waals surface area contributed by atoms with Crippen LogP contribution in [0.15, 0.2) is 5.38 Å². The van der Waals surface area contributed by atoms with Crippen molar-refractivity contribution in [2.24, 2.45) is 5.92 Å². The molecule has 4 heteroatoms. The highest BCUT2D eigenvalue weighted by Gasteiger charge is 2.08. The van der Waals surface area contributed by atoms with E-state index in [2.05, 4.69) is 25.8 Å². The highest BCUT2D eigenvalue weighted by molar-refractivity contribution is 7.11. The molecule has 0 aliphatic carbocycles. The van der Waals surface area contributed by atoms with Crippen LogP contribution in [0.3, 0.4) is 0 Å². The number of thiazole rings is 1. The van der Waals surface area contributed by atoms with Gasteiger partial charge in [-0.15, -0.1) is 0 Å². The van der Waals surface area contributed by atoms with E-state index in [-0.39, 0.29) is 6.10 Å². The van der Waals surface area contributed by atoms with Gasteiger partial charge in [-0.3, -0.25) is 0 Å². The zero-order valence-corrected chi connectivity index (χ0v) is 9.65. The number of ether oxygens (including phenoxy) is 1. The first kappa shape index (κ1) is 10.8. The summed E-state index contributed by atoms with van der Waals surface area (Å²) >= 11 is 7.11. The third kappa shape index (κ3) is 3.96. The van der Waals surface area contributed by atoms with Crippen LogP contribution in [0.2, 0.25) is 5.15 Å². The van der Waals surface area contributed by atoms with Crippen LogP contribution in [-0.2, 0) is 0 Å². The Kier molecular flexibility index (Phi) is 4.00. The third-order valence-corrected chi connectivity index (χ3v) is 2.61. The van der Waals surface area contributed by atoms with E-state index in [9.17, 15) is 0 Å². The maximum Gasteiger partial charge on any atom is 0.274 e. The molecule has 0 saturated heterocycles. The summed E-state index contributed by atoms with van der Waals surface area (Å²) in [5.41, 5.74) is 0. The molecule has 74 valence electrons. The van der Waals surface area contributed by atoms with E-state index in [4.69, 9.17) is 16.3 Å². The Morgan fingerprint density at radius 1 is 1.54 bits per heavy atom. The van der Waals surface area contributed by atoms with Crippen molar-refractivity contribution in [3.63, 3.8) is 0 Å². The average Bonchev–Trinajstić information content (AvgIpc) is 2.33. The normalized spacial score (nSPS) is 13.3. The molecule has 1 atom stereocenters. The van der Waals surface area contributed by atoms with E-state index in [0.29, 0.717) is 16.3 Å². The number of rotatable bonds is 4. The van der Waals surface area contributed by atoms with Crippen molar-refractivity contribution >= 4 is 22.9 Å². The van der Waals surface area contributed by atoms with Gasteiger partial charge in [-0.2, -0.15) is 4.98 Å². The van der Waals surface area contributed by atoms with Crippen molar-refractivity contribution in [3.8, 4) is 5.19 Å². The van der Waals surface area contributed by atoms with Gasteiger partial charge < -0.3 is 4.74 Å². The van der Waals surface area contributed by atoms with Crippen LogP contribution >= 0.6 is 22.9 Å². The van der Waals surface area contributed by atoms with E-state index in [1.807, 2.05) is 0 Å². The van der Waals surface area contributed by atoms with Crippen molar-refractivity contribution < 1.29 is 4.74 Å². The number of hydrogen-bond donors (Lipinski definition) is 0. The van der Waals surface area contributed by atoms with Gasteiger partial charge in [0.15, 0.2) is 0 Å². The summed E-state index contributed by atoms with van der Waals surface area (Å²) in [6.45, 7) is 6.40. The maximum atomic E-state index is 5.67. The Hall–Kier alpha value is -0.280. The maximum absolute atomic E-state index is 5.67. The minimum atomic E-state index is 0.210. The molecule has 0 spiro atoms. The molecule has 0 aliphatic heterocycles. The smallest absolute Gasteiger partial charge is 0.274 e. The highest BCUT2D eigenvalue weighted by atomic mass is 35.5. The fourth-order valence-corrected chi connectivity index (χ4v) is 2.06. The molecule has 0 aliphatic rings. The van der Waals surface area contributed by atoms with Crippen LogP contribution in [0.25, 0.3) is 0 Å². The largest absolute Gasteiger partial charge is 0.467 e. The van der Waals surface area contributed by atoms with Crippen molar-refractivity contribution in [1.29, 1.82) is 0 Å². The number of aromatic nitrogens is 1. The first-order chi connectivity index (χ1) is 6.08. The topological polar surface area (TPSA) is 22.1 Å². The molecule has 0 fully saturated rings. The van der Waals surface area contributed by atoms with Gasteiger partial charge in [0.05, 0.1) is 6.10 Å². The van der Waals surface area contributed by atoms with Crippen LogP contribution < -0.4 is 4.74 Å². The van der Waals surface area contributed by atoms with Crippen LogP contribution in [0.4, 0.5) is 0 Å². The lowest BCUT2D eigenvalue weighted by atomic mass is 10.1. The Morgan fingerprint density at radius 2 is 2.23 bits per heavy atom. The van der Waals surface area contributed by atoms with E-state index >= 15 is 0 Å². The first-order valence-corrected chi connectivity index (χ1v) is 5.61. The van der Waals surface area contributed by atoms with Crippen molar-refractivity contribution in [3.05, 3.63) is 10.5 Å². The van der Waals surface area contributed by atoms with Crippen molar-refractivity contribution in [2.75, 3.05) is 0 Å². The molecule has 13 heavy (non-hydrogen) atoms. The Bertz CT molecular complexity index is 262. The Morgan fingerprint density at radius 3 is 2.69 bits per heavy atom. The zero-order valence-electron chi connectivity index (χ0n) is 8.08. The molecule has 1 aromatic rings. The summed E-state index contributed by atoms with van der Waals surface area (Å²) < 4.78 is 5.57. The van der Waals surface area contributed by atoms with Crippen LogP contribution in [0.1, 0.15) is 27.2 Å². The molecule has 1 heterocycles. The number of halogens is 1. The molecule has 0 aromatic carbocycles. The number of nitrogens with zero attached hydrogens (tertiary/aromatic N) is 1. The second-order valence-electron chi connectivity index (χ2n) is 3.49. The summed E-state index contributed by atoms with van der Waals surface area (Å²) in [5, 5.41) is 2.95. The lowest BCUT2D eigenvalue weighted by molar-refractivity contribution is 0.192. The third-order valence-electron chi connectivity index (χ3n) is 1.56. The molecule has 1 aromatic heterocycles. The minimum absolute atomic E-state index is 0.210. The second-order valence-corrected chi connectivity index (χ2v) is 4.70. The predicted molar refractivity (Wildman–Crippen MR) is 56.7 cm³/mol. The van der Waals surface area contributed by atoms with E-state index in [1.165, 1.54) is 11.3 Å². The molecule has 0 radical (unpaired) electrons. The van der Waals surface area contributed by atoms with Gasteiger partial charge >= 0.3 is 0 Å². The van der Waals surface area contributed by atoms with Crippen molar-refractivity contribution in [1.82, 2.24) is 4.98 Å². The Balaban J connectivity index is 2.40. The molecule has 1 rings (SSSR count). The van der Waals surface area contributed by atoms with E-state index in [1.54, 1.807) is 5.38 Å². The van der Waals surface area contributed by atoms with Gasteiger partial charge in [-0.25, -0.2) is 0 Å². The summed E-state index contributed by atoms with van der Waals surface area (Å²) in [4.78, 5) is 4.02. The quantitative estimate of drug-likeness (QED) is 0.772. The van der Waals surface area contributed by atoms with E-state index in [0.717, 1.165) is 6.42 Å². The molecule has 2 nitrogen and oxygen atoms in total. The van der Waals surface area contributed by atoms with Gasteiger partial charge in [-0.05, 0) is 19.3 Å². The predicted octanol–water partition coefficient (Wildman–Crippen LogP) is 3.61. The summed E-state index contributed by atoms with van der Waals surface area (Å²) in [5.74, 6) is 0.644. The lowest BCUT2D eigenvalue weighted by Crippen LogP contribution is -2.14. The molecule has 0 bridgehead atoms. The van der Waals surface area contributed by atoms with E-state index < -0.39 is 0 Å². The molecule has 0 amide bonds. The lowest BCUT2D eigenvalue weighted by Gasteiger charge is -2.13. The Labute approximate surface area is 87.9 Å². The summed E-state index contributed by atoms with van der Waals surface area (Å²) in [6, 6.07) is 0. The fraction of sp³-hybridized carbons (Fsp3) is 0.667. The average molecular weight is 220 g/mol. The molecular weight excluding hydrogens is 206 g/mol. The van der Waals surface area contributed by atoms with Gasteiger partial charge in [0, 0.05) is 5.38 Å². The highest BCUT2D eigenvalue weighted by Crippen LogP contribution is 2.23. The first-order valence-electron chi connectivity index (χ1n) is 4.35. The standard InChI is InChI=1S/C9H14ClNOS/c1-6(2)4-7(3)12-9-11-8(10)5-13-9/h5-7H,4H2,1-3H3. The van der Waals surface area contributed by atoms with Gasteiger partial charge in [0.25, 0.3) is 5.19 Å². The minimum Gasteiger partial charge on any atom is -0.467 e. The van der Waals surface area contributed by atoms with Crippen LogP contribution in [0.5, 0.6) is 5.19 Å². The summed E-state index contributed by atoms with van der Waals surface area (Å²) in [6.07, 6.45) is 1.25. The molecule has 0 saturated carbocycles. The number of hydrogen-bond acceptors (Lipinski definition) is 3.